The minimum Gasteiger partial charge on any atom is -0.510 e. The lowest BCUT2D eigenvalue weighted by molar-refractivity contribution is -0.162. The van der Waals surface area contributed by atoms with Crippen molar-refractivity contribution in [2.24, 2.45) is 11.8 Å². The van der Waals surface area contributed by atoms with E-state index in [-0.39, 0.29) is 29.6 Å². The number of aliphatic hydroxyl groups excluding tert-OH is 3. The number of phenols is 1. The van der Waals surface area contributed by atoms with Gasteiger partial charge in [0.05, 0.1) is 30.3 Å². The molecule has 1 amide bonds. The molecule has 1 saturated heterocycles. The average Bonchev–Trinajstić information content (AvgIpc) is 2.93. The molecule has 1 aromatic rings. The maximum atomic E-state index is 14.0. The van der Waals surface area contributed by atoms with Crippen molar-refractivity contribution in [3.8, 4) is 5.75 Å². The molecular weight excluding hydrogens is 530 g/mol. The molecule has 0 aromatic heterocycles. The summed E-state index contributed by atoms with van der Waals surface area (Å²) in [5.74, 6) is -8.12. The summed E-state index contributed by atoms with van der Waals surface area (Å²) in [5.41, 5.74) is -3.63. The Balaban J connectivity index is 1.60. The summed E-state index contributed by atoms with van der Waals surface area (Å²) < 4.78 is 0. The highest BCUT2D eigenvalue weighted by atomic mass is 16.4. The predicted molar refractivity (Wildman–Crippen MR) is 148 cm³/mol. The second-order valence-corrected chi connectivity index (χ2v) is 12.0. The number of ketones is 2. The number of hydrogen-bond donors (Lipinski definition) is 6. The van der Waals surface area contributed by atoms with Gasteiger partial charge < -0.3 is 30.8 Å². The van der Waals surface area contributed by atoms with Crippen LogP contribution in [0, 0.1) is 11.8 Å². The quantitative estimate of drug-likeness (QED) is 0.286. The molecule has 1 aliphatic heterocycles. The van der Waals surface area contributed by atoms with Gasteiger partial charge in [0.25, 0.3) is 5.91 Å². The number of carbonyl (C=O) groups excluding carboxylic acids is 3. The van der Waals surface area contributed by atoms with Gasteiger partial charge in [-0.3, -0.25) is 24.2 Å². The number of rotatable bonds is 5. The molecule has 0 radical (unpaired) electrons. The lowest BCUT2D eigenvalue weighted by Gasteiger charge is -2.53. The summed E-state index contributed by atoms with van der Waals surface area (Å²) in [7, 11) is 3.11. The van der Waals surface area contributed by atoms with Crippen LogP contribution < -0.4 is 5.32 Å². The maximum absolute atomic E-state index is 14.0. The number of likely N-dealkylation sites (tertiary alicyclic amines) is 1. The predicted octanol–water partition coefficient (Wildman–Crippen LogP) is 1.51. The van der Waals surface area contributed by atoms with Gasteiger partial charge in [0.15, 0.2) is 11.4 Å². The van der Waals surface area contributed by atoms with E-state index in [1.54, 1.807) is 33.2 Å². The second kappa shape index (κ2) is 10.5. The fraction of sp³-hybridized carbons (Fsp3) is 0.567. The number of amides is 1. The molecule has 11 nitrogen and oxygen atoms in total. The SMILES string of the molecule is CCC1CCCCN1CNC(=O)C1=C(O)[C@@H](N(C)C)[C@@H]2[C@@H](O)[C@H]3C(=C(O)[C@]2(O)C1=O)C(=O)c1c(O)cccc1[C@@H]3C. The Kier molecular flexibility index (Phi) is 7.52. The first-order valence-corrected chi connectivity index (χ1v) is 14.2. The number of carbonyl (C=O) groups is 3. The number of phenolic OH excluding ortho intramolecular Hbond substituents is 1. The molecule has 6 N–H and O–H groups in total. The van der Waals surface area contributed by atoms with E-state index in [1.165, 1.54) is 11.0 Å². The van der Waals surface area contributed by atoms with Crippen LogP contribution in [0.15, 0.2) is 40.9 Å². The Morgan fingerprint density at radius 3 is 2.54 bits per heavy atom. The molecule has 11 heteroatoms. The lowest BCUT2D eigenvalue weighted by Crippen LogP contribution is -2.68. The van der Waals surface area contributed by atoms with Crippen molar-refractivity contribution in [3.05, 3.63) is 52.0 Å². The zero-order valence-corrected chi connectivity index (χ0v) is 23.8. The highest BCUT2D eigenvalue weighted by Crippen LogP contribution is 2.55. The van der Waals surface area contributed by atoms with Crippen molar-refractivity contribution in [2.75, 3.05) is 27.3 Å². The van der Waals surface area contributed by atoms with Crippen LogP contribution in [-0.2, 0) is 9.59 Å². The van der Waals surface area contributed by atoms with Gasteiger partial charge in [0.1, 0.15) is 22.8 Å². The van der Waals surface area contributed by atoms with E-state index in [4.69, 9.17) is 0 Å². The van der Waals surface area contributed by atoms with Gasteiger partial charge in [-0.05, 0) is 50.9 Å². The molecule has 222 valence electrons. The number of nitrogens with one attached hydrogen (secondary N) is 1. The van der Waals surface area contributed by atoms with Gasteiger partial charge in [-0.1, -0.05) is 32.4 Å². The molecule has 3 aliphatic carbocycles. The number of likely N-dealkylation sites (N-methyl/N-ethyl adjacent to an activating group) is 1. The van der Waals surface area contributed by atoms with E-state index < -0.39 is 70.1 Å². The average molecular weight is 570 g/mol. The molecule has 1 fully saturated rings. The van der Waals surface area contributed by atoms with Crippen LogP contribution in [0.1, 0.15) is 61.4 Å². The number of aromatic hydroxyl groups is 1. The van der Waals surface area contributed by atoms with Gasteiger partial charge in [0, 0.05) is 24.1 Å². The minimum absolute atomic E-state index is 0.0807. The molecule has 0 saturated carbocycles. The van der Waals surface area contributed by atoms with Crippen LogP contribution in [-0.4, -0.2) is 104 Å². The van der Waals surface area contributed by atoms with E-state index >= 15 is 0 Å². The van der Waals surface area contributed by atoms with Crippen molar-refractivity contribution < 1.29 is 39.9 Å². The highest BCUT2D eigenvalue weighted by molar-refractivity contribution is 6.25. The Morgan fingerprint density at radius 2 is 1.88 bits per heavy atom. The van der Waals surface area contributed by atoms with Crippen molar-refractivity contribution in [3.63, 3.8) is 0 Å². The molecular formula is C30H39N3O8. The third kappa shape index (κ3) is 4.20. The summed E-state index contributed by atoms with van der Waals surface area (Å²) in [6, 6.07) is 3.54. The number of piperidine rings is 1. The van der Waals surface area contributed by atoms with E-state index in [0.717, 1.165) is 32.2 Å². The number of aliphatic hydroxyl groups is 4. The summed E-state index contributed by atoms with van der Waals surface area (Å²) in [6.07, 6.45) is 2.34. The highest BCUT2D eigenvalue weighted by Gasteiger charge is 2.67. The molecule has 4 aliphatic rings. The summed E-state index contributed by atoms with van der Waals surface area (Å²) >= 11 is 0. The summed E-state index contributed by atoms with van der Waals surface area (Å²) in [5, 5.41) is 59.9. The number of benzene rings is 1. The lowest BCUT2D eigenvalue weighted by atomic mass is 9.55. The van der Waals surface area contributed by atoms with Crippen LogP contribution in [0.3, 0.4) is 0 Å². The second-order valence-electron chi connectivity index (χ2n) is 12.0. The van der Waals surface area contributed by atoms with E-state index in [2.05, 4.69) is 17.1 Å². The smallest absolute Gasteiger partial charge is 0.259 e. The van der Waals surface area contributed by atoms with E-state index in [9.17, 15) is 39.9 Å². The fourth-order valence-electron chi connectivity index (χ4n) is 7.56. The Morgan fingerprint density at radius 1 is 1.17 bits per heavy atom. The third-order valence-corrected chi connectivity index (χ3v) is 9.64. The van der Waals surface area contributed by atoms with Crippen LogP contribution in [0.4, 0.5) is 0 Å². The van der Waals surface area contributed by atoms with Gasteiger partial charge in [-0.15, -0.1) is 0 Å². The van der Waals surface area contributed by atoms with Gasteiger partial charge in [-0.2, -0.15) is 0 Å². The Hall–Kier alpha value is -3.25. The molecule has 7 atom stereocenters. The van der Waals surface area contributed by atoms with Crippen LogP contribution >= 0.6 is 0 Å². The molecule has 0 spiro atoms. The molecule has 0 bridgehead atoms. The first-order valence-electron chi connectivity index (χ1n) is 14.2. The van der Waals surface area contributed by atoms with Crippen molar-refractivity contribution in [1.82, 2.24) is 15.1 Å². The van der Waals surface area contributed by atoms with Crippen LogP contribution in [0.2, 0.25) is 0 Å². The van der Waals surface area contributed by atoms with Crippen molar-refractivity contribution in [2.45, 2.75) is 69.2 Å². The standard InChI is InChI=1S/C30H39N3O8/c1-5-15-9-6-7-12-33(15)13-31-29(40)21-26(37)23(32(3)4)22-25(36)18-14(2)16-10-8-11-17(34)19(16)24(35)20(18)27(38)30(22,41)28(21)39/h8,10-11,14-15,18,22-23,25,34,36-38,41H,5-7,9,12-13H2,1-4H3,(H,31,40)/t14-,15?,18+,22+,23-,25-,30-/m0/s1. The van der Waals surface area contributed by atoms with Gasteiger partial charge in [-0.25, -0.2) is 0 Å². The van der Waals surface area contributed by atoms with E-state index in [0.29, 0.717) is 5.56 Å². The number of fused-ring (bicyclic) bond motifs is 3. The Labute approximate surface area is 238 Å². The normalized spacial score (nSPS) is 33.9. The van der Waals surface area contributed by atoms with Crippen LogP contribution in [0.5, 0.6) is 5.75 Å². The first kappa shape index (κ1) is 29.2. The number of Topliss-reactive ketones (excluding diaryl/α,β-unsaturated/α-hetero) is 2. The van der Waals surface area contributed by atoms with Crippen molar-refractivity contribution in [1.29, 1.82) is 0 Å². The van der Waals surface area contributed by atoms with Crippen molar-refractivity contribution >= 4 is 17.5 Å². The van der Waals surface area contributed by atoms with Gasteiger partial charge in [0.2, 0.25) is 5.78 Å². The third-order valence-electron chi connectivity index (χ3n) is 9.64. The Bertz CT molecular complexity index is 1350. The molecule has 41 heavy (non-hydrogen) atoms. The fourth-order valence-corrected chi connectivity index (χ4v) is 7.56. The monoisotopic (exact) mass is 569 g/mol. The number of nitrogens with zero attached hydrogens (tertiary/aromatic N) is 2. The largest absolute Gasteiger partial charge is 0.510 e. The molecule has 1 heterocycles. The number of hydrogen-bond acceptors (Lipinski definition) is 10. The van der Waals surface area contributed by atoms with Gasteiger partial charge >= 0.3 is 0 Å². The first-order chi connectivity index (χ1) is 19.4. The molecule has 1 aromatic carbocycles. The molecule has 1 unspecified atom stereocenters. The zero-order valence-electron chi connectivity index (χ0n) is 23.8. The summed E-state index contributed by atoms with van der Waals surface area (Å²) in [4.78, 5) is 44.7. The maximum Gasteiger partial charge on any atom is 0.259 e. The van der Waals surface area contributed by atoms with E-state index in [1.807, 2.05) is 0 Å². The minimum atomic E-state index is -2.88. The van der Waals surface area contributed by atoms with Crippen LogP contribution in [0.25, 0.3) is 0 Å². The molecule has 5 rings (SSSR count). The topological polar surface area (TPSA) is 171 Å². The summed E-state index contributed by atoms with van der Waals surface area (Å²) in [6.45, 7) is 4.66. The zero-order chi connectivity index (χ0) is 30.0.